The van der Waals surface area contributed by atoms with Crippen LogP contribution in [-0.2, 0) is 9.47 Å². The normalized spacial score (nSPS) is 27.2. The molecule has 148 valence electrons. The van der Waals surface area contributed by atoms with Gasteiger partial charge in [-0.3, -0.25) is 0 Å². The van der Waals surface area contributed by atoms with E-state index in [-0.39, 0.29) is 13.2 Å². The molecule has 0 unspecified atom stereocenters. The van der Waals surface area contributed by atoms with Crippen LogP contribution in [0.3, 0.4) is 0 Å². The van der Waals surface area contributed by atoms with E-state index < -0.39 is 24.4 Å². The standard InChI is InChI=1S/C20H38O5/c1-2-3-4-5-6-7-8-9-10-11-12-13-14-24-20-18(15-21)25-16-17(22)19(20)23/h2-3,17-23H,4-16H2,1H3/b3-2+/t17-,18+,19+,20+/m1/s1. The Hall–Kier alpha value is -0.460. The van der Waals surface area contributed by atoms with Gasteiger partial charge in [-0.1, -0.05) is 57.1 Å². The quantitative estimate of drug-likeness (QED) is 0.329. The van der Waals surface area contributed by atoms with E-state index in [4.69, 9.17) is 9.47 Å². The lowest BCUT2D eigenvalue weighted by Gasteiger charge is -2.37. The molecule has 0 amide bonds. The number of hydrogen-bond donors (Lipinski definition) is 3. The Morgan fingerprint density at radius 3 is 2.16 bits per heavy atom. The van der Waals surface area contributed by atoms with Crippen LogP contribution in [0.25, 0.3) is 0 Å². The number of aliphatic hydroxyl groups is 3. The third-order valence-electron chi connectivity index (χ3n) is 4.82. The third-order valence-corrected chi connectivity index (χ3v) is 4.82. The van der Waals surface area contributed by atoms with Gasteiger partial charge in [0.1, 0.15) is 24.4 Å². The fraction of sp³-hybridized carbons (Fsp3) is 0.900. The highest BCUT2D eigenvalue weighted by Crippen LogP contribution is 2.19. The maximum absolute atomic E-state index is 9.96. The van der Waals surface area contributed by atoms with Crippen molar-refractivity contribution in [3.63, 3.8) is 0 Å². The molecule has 1 fully saturated rings. The first-order valence-electron chi connectivity index (χ1n) is 10.0. The molecule has 25 heavy (non-hydrogen) atoms. The summed E-state index contributed by atoms with van der Waals surface area (Å²) in [5.41, 5.74) is 0. The van der Waals surface area contributed by atoms with Crippen molar-refractivity contribution in [2.45, 2.75) is 95.5 Å². The summed E-state index contributed by atoms with van der Waals surface area (Å²) in [4.78, 5) is 0. The first kappa shape index (κ1) is 22.6. The van der Waals surface area contributed by atoms with E-state index in [1.807, 2.05) is 0 Å². The van der Waals surface area contributed by atoms with Crippen LogP contribution in [0.1, 0.15) is 71.1 Å². The fourth-order valence-corrected chi connectivity index (χ4v) is 3.20. The predicted octanol–water partition coefficient (Wildman–Crippen LogP) is 2.96. The molecule has 0 bridgehead atoms. The number of ether oxygens (including phenoxy) is 2. The molecule has 1 heterocycles. The number of unbranched alkanes of at least 4 members (excludes halogenated alkanes) is 9. The molecule has 0 aromatic carbocycles. The SMILES string of the molecule is C/C=C/CCCCCCCCCCCO[C@@H]1[C@@H](O)[C@H](O)CO[C@H]1CO. The lowest BCUT2D eigenvalue weighted by molar-refractivity contribution is -0.211. The van der Waals surface area contributed by atoms with Gasteiger partial charge in [-0.15, -0.1) is 0 Å². The minimum Gasteiger partial charge on any atom is -0.394 e. The minimum absolute atomic E-state index is 0.0432. The largest absolute Gasteiger partial charge is 0.394 e. The lowest BCUT2D eigenvalue weighted by atomic mass is 10.0. The second-order valence-corrected chi connectivity index (χ2v) is 6.99. The van der Waals surface area contributed by atoms with E-state index >= 15 is 0 Å². The average molecular weight is 359 g/mol. The number of hydrogen-bond acceptors (Lipinski definition) is 5. The van der Waals surface area contributed by atoms with E-state index in [1.165, 1.54) is 51.4 Å². The van der Waals surface area contributed by atoms with Gasteiger partial charge in [0.25, 0.3) is 0 Å². The van der Waals surface area contributed by atoms with Crippen LogP contribution in [0.5, 0.6) is 0 Å². The zero-order valence-corrected chi connectivity index (χ0v) is 15.8. The molecule has 0 aromatic heterocycles. The van der Waals surface area contributed by atoms with Crippen LogP contribution in [-0.4, -0.2) is 59.6 Å². The van der Waals surface area contributed by atoms with Gasteiger partial charge in [0, 0.05) is 6.61 Å². The highest BCUT2D eigenvalue weighted by molar-refractivity contribution is 4.87. The Bertz CT molecular complexity index is 332. The van der Waals surface area contributed by atoms with Crippen molar-refractivity contribution in [2.24, 2.45) is 0 Å². The van der Waals surface area contributed by atoms with E-state index in [0.717, 1.165) is 12.8 Å². The van der Waals surface area contributed by atoms with Crippen LogP contribution in [0, 0.1) is 0 Å². The van der Waals surface area contributed by atoms with Gasteiger partial charge in [-0.2, -0.15) is 0 Å². The molecule has 5 heteroatoms. The van der Waals surface area contributed by atoms with Crippen molar-refractivity contribution in [3.8, 4) is 0 Å². The van der Waals surface area contributed by atoms with Gasteiger partial charge in [-0.05, 0) is 26.2 Å². The highest BCUT2D eigenvalue weighted by Gasteiger charge is 2.39. The highest BCUT2D eigenvalue weighted by atomic mass is 16.6. The lowest BCUT2D eigenvalue weighted by Crippen LogP contribution is -2.55. The Labute approximate surface area is 153 Å². The molecule has 1 aliphatic heterocycles. The van der Waals surface area contributed by atoms with Crippen LogP contribution >= 0.6 is 0 Å². The van der Waals surface area contributed by atoms with Gasteiger partial charge in [0.05, 0.1) is 13.2 Å². The smallest absolute Gasteiger partial charge is 0.114 e. The van der Waals surface area contributed by atoms with Crippen molar-refractivity contribution < 1.29 is 24.8 Å². The first-order chi connectivity index (χ1) is 12.2. The maximum atomic E-state index is 9.96. The van der Waals surface area contributed by atoms with E-state index in [2.05, 4.69) is 19.1 Å². The Kier molecular flexibility index (Phi) is 13.3. The molecule has 5 nitrogen and oxygen atoms in total. The summed E-state index contributed by atoms with van der Waals surface area (Å²) in [6.45, 7) is 2.44. The zero-order valence-electron chi connectivity index (χ0n) is 15.8. The molecular weight excluding hydrogens is 320 g/mol. The second-order valence-electron chi connectivity index (χ2n) is 6.99. The Balaban J connectivity index is 1.94. The molecule has 3 N–H and O–H groups in total. The topological polar surface area (TPSA) is 79.2 Å². The molecule has 4 atom stereocenters. The predicted molar refractivity (Wildman–Crippen MR) is 99.6 cm³/mol. The minimum atomic E-state index is -0.987. The fourth-order valence-electron chi connectivity index (χ4n) is 3.20. The van der Waals surface area contributed by atoms with Gasteiger partial charge in [0.15, 0.2) is 0 Å². The number of aliphatic hydroxyl groups excluding tert-OH is 3. The third kappa shape index (κ3) is 9.71. The van der Waals surface area contributed by atoms with Gasteiger partial charge < -0.3 is 24.8 Å². The average Bonchev–Trinajstić information content (AvgIpc) is 2.62. The molecule has 0 aromatic rings. The van der Waals surface area contributed by atoms with Gasteiger partial charge >= 0.3 is 0 Å². The molecule has 1 aliphatic rings. The molecule has 1 saturated heterocycles. The van der Waals surface area contributed by atoms with Crippen molar-refractivity contribution in [3.05, 3.63) is 12.2 Å². The molecule has 0 radical (unpaired) electrons. The van der Waals surface area contributed by atoms with Gasteiger partial charge in [0.2, 0.25) is 0 Å². The number of rotatable bonds is 14. The second kappa shape index (κ2) is 14.7. The monoisotopic (exact) mass is 358 g/mol. The van der Waals surface area contributed by atoms with Crippen molar-refractivity contribution in [2.75, 3.05) is 19.8 Å². The van der Waals surface area contributed by atoms with E-state index in [0.29, 0.717) is 6.61 Å². The first-order valence-corrected chi connectivity index (χ1v) is 10.0. The Morgan fingerprint density at radius 1 is 0.960 bits per heavy atom. The summed E-state index contributed by atoms with van der Waals surface area (Å²) in [6, 6.07) is 0. The van der Waals surface area contributed by atoms with Crippen LogP contribution < -0.4 is 0 Å². The summed E-state index contributed by atoms with van der Waals surface area (Å²) in [5.74, 6) is 0. The van der Waals surface area contributed by atoms with Crippen molar-refractivity contribution in [1.82, 2.24) is 0 Å². The maximum Gasteiger partial charge on any atom is 0.114 e. The van der Waals surface area contributed by atoms with Crippen LogP contribution in [0.15, 0.2) is 12.2 Å². The molecule has 0 spiro atoms. The summed E-state index contributed by atoms with van der Waals surface area (Å²) in [5, 5.41) is 28.9. The summed E-state index contributed by atoms with van der Waals surface area (Å²) >= 11 is 0. The van der Waals surface area contributed by atoms with E-state index in [1.54, 1.807) is 0 Å². The number of allylic oxidation sites excluding steroid dienone is 2. The zero-order chi connectivity index (χ0) is 18.3. The van der Waals surface area contributed by atoms with Crippen molar-refractivity contribution in [1.29, 1.82) is 0 Å². The van der Waals surface area contributed by atoms with Crippen molar-refractivity contribution >= 4 is 0 Å². The molecule has 1 rings (SSSR count). The summed E-state index contributed by atoms with van der Waals surface area (Å²) in [6.07, 6.45) is 13.6. The summed E-state index contributed by atoms with van der Waals surface area (Å²) in [7, 11) is 0. The Morgan fingerprint density at radius 2 is 1.56 bits per heavy atom. The molecule has 0 saturated carbocycles. The molecular formula is C20H38O5. The van der Waals surface area contributed by atoms with Crippen LogP contribution in [0.4, 0.5) is 0 Å². The van der Waals surface area contributed by atoms with E-state index in [9.17, 15) is 15.3 Å². The molecule has 0 aliphatic carbocycles. The van der Waals surface area contributed by atoms with Crippen LogP contribution in [0.2, 0.25) is 0 Å². The summed E-state index contributed by atoms with van der Waals surface area (Å²) < 4.78 is 11.0. The van der Waals surface area contributed by atoms with Gasteiger partial charge in [-0.25, -0.2) is 0 Å².